The molecular weight excluding hydrogens is 188 g/mol. The average molecular weight is 210 g/mol. The van der Waals surface area contributed by atoms with Crippen LogP contribution in [0.3, 0.4) is 0 Å². The van der Waals surface area contributed by atoms with Crippen molar-refractivity contribution in [1.29, 1.82) is 0 Å². The van der Waals surface area contributed by atoms with E-state index in [-0.39, 0.29) is 5.92 Å². The van der Waals surface area contributed by atoms with Crippen molar-refractivity contribution in [2.45, 2.75) is 32.1 Å². The zero-order chi connectivity index (χ0) is 10.7. The molecule has 1 aliphatic carbocycles. The first-order valence-corrected chi connectivity index (χ1v) is 6.23. The van der Waals surface area contributed by atoms with Crippen molar-refractivity contribution in [2.75, 3.05) is 26.7 Å². The Morgan fingerprint density at radius 3 is 2.47 bits per heavy atom. The lowest BCUT2D eigenvalue weighted by molar-refractivity contribution is -0.136. The summed E-state index contributed by atoms with van der Waals surface area (Å²) in [5.41, 5.74) is 0. The Balaban J connectivity index is 1.74. The highest BCUT2D eigenvalue weighted by Gasteiger charge is 2.28. The Morgan fingerprint density at radius 2 is 1.93 bits per heavy atom. The maximum atomic E-state index is 11.9. The van der Waals surface area contributed by atoms with Gasteiger partial charge in [0.2, 0.25) is 5.91 Å². The zero-order valence-corrected chi connectivity index (χ0v) is 9.67. The van der Waals surface area contributed by atoms with E-state index in [1.165, 1.54) is 32.1 Å². The maximum Gasteiger partial charge on any atom is 0.228 e. The van der Waals surface area contributed by atoms with Crippen LogP contribution in [0.25, 0.3) is 0 Å². The van der Waals surface area contributed by atoms with Gasteiger partial charge in [-0.05, 0) is 18.8 Å². The van der Waals surface area contributed by atoms with Crippen molar-refractivity contribution in [3.05, 3.63) is 0 Å². The summed E-state index contributed by atoms with van der Waals surface area (Å²) in [6, 6.07) is 0. The van der Waals surface area contributed by atoms with Crippen molar-refractivity contribution >= 4 is 5.91 Å². The fourth-order valence-electron chi connectivity index (χ4n) is 2.62. The Labute approximate surface area is 92.2 Å². The molecule has 1 saturated carbocycles. The highest BCUT2D eigenvalue weighted by atomic mass is 16.2. The van der Waals surface area contributed by atoms with Crippen LogP contribution in [-0.2, 0) is 4.79 Å². The highest BCUT2D eigenvalue weighted by Crippen LogP contribution is 2.24. The number of hydrogen-bond acceptors (Lipinski definition) is 2. The lowest BCUT2D eigenvalue weighted by Gasteiger charge is -2.33. The standard InChI is InChI=1S/C12H22N2O/c1-14(12(15)11-7-13-8-11)9-10-5-3-2-4-6-10/h10-11,13H,2-9H2,1H3. The molecule has 1 amide bonds. The van der Waals surface area contributed by atoms with Gasteiger partial charge < -0.3 is 10.2 Å². The van der Waals surface area contributed by atoms with Crippen molar-refractivity contribution in [3.8, 4) is 0 Å². The van der Waals surface area contributed by atoms with Crippen LogP contribution in [0, 0.1) is 11.8 Å². The third-order valence-electron chi connectivity index (χ3n) is 3.76. The Hall–Kier alpha value is -0.570. The topological polar surface area (TPSA) is 32.3 Å². The molecule has 86 valence electrons. The van der Waals surface area contributed by atoms with Crippen LogP contribution in [0.15, 0.2) is 0 Å². The number of carbonyl (C=O) groups excluding carboxylic acids is 1. The lowest BCUT2D eigenvalue weighted by Crippen LogP contribution is -2.51. The Bertz CT molecular complexity index is 220. The molecule has 2 rings (SSSR count). The van der Waals surface area contributed by atoms with E-state index in [1.807, 2.05) is 11.9 Å². The van der Waals surface area contributed by atoms with Crippen LogP contribution in [0.5, 0.6) is 0 Å². The van der Waals surface area contributed by atoms with E-state index < -0.39 is 0 Å². The molecule has 0 aromatic rings. The van der Waals surface area contributed by atoms with E-state index in [0.717, 1.165) is 25.6 Å². The molecule has 1 heterocycles. The molecule has 2 aliphatic rings. The number of nitrogens with one attached hydrogen (secondary N) is 1. The number of carbonyl (C=O) groups is 1. The molecule has 0 unspecified atom stereocenters. The molecule has 0 spiro atoms. The smallest absolute Gasteiger partial charge is 0.228 e. The molecule has 1 aliphatic heterocycles. The lowest BCUT2D eigenvalue weighted by atomic mass is 9.88. The monoisotopic (exact) mass is 210 g/mol. The molecule has 0 aromatic heterocycles. The minimum atomic E-state index is 0.263. The quantitative estimate of drug-likeness (QED) is 0.760. The van der Waals surface area contributed by atoms with Gasteiger partial charge in [0.25, 0.3) is 0 Å². The summed E-state index contributed by atoms with van der Waals surface area (Å²) in [5, 5.41) is 3.15. The summed E-state index contributed by atoms with van der Waals surface area (Å²) in [4.78, 5) is 13.8. The van der Waals surface area contributed by atoms with Gasteiger partial charge in [0.15, 0.2) is 0 Å². The molecule has 3 nitrogen and oxygen atoms in total. The van der Waals surface area contributed by atoms with Gasteiger partial charge in [0.05, 0.1) is 5.92 Å². The average Bonchev–Trinajstić information content (AvgIpc) is 2.16. The first kappa shape index (κ1) is 10.9. The minimum absolute atomic E-state index is 0.263. The second kappa shape index (κ2) is 4.97. The van der Waals surface area contributed by atoms with Crippen molar-refractivity contribution in [3.63, 3.8) is 0 Å². The van der Waals surface area contributed by atoms with Gasteiger partial charge in [0, 0.05) is 26.7 Å². The molecule has 1 N–H and O–H groups in total. The van der Waals surface area contributed by atoms with Gasteiger partial charge in [-0.3, -0.25) is 4.79 Å². The van der Waals surface area contributed by atoms with Gasteiger partial charge in [-0.15, -0.1) is 0 Å². The first-order chi connectivity index (χ1) is 7.27. The maximum absolute atomic E-state index is 11.9. The van der Waals surface area contributed by atoms with E-state index in [0.29, 0.717) is 5.91 Å². The van der Waals surface area contributed by atoms with Crippen LogP contribution in [0.4, 0.5) is 0 Å². The predicted molar refractivity (Wildman–Crippen MR) is 60.6 cm³/mol. The van der Waals surface area contributed by atoms with Crippen LogP contribution in [-0.4, -0.2) is 37.5 Å². The number of hydrogen-bond donors (Lipinski definition) is 1. The number of rotatable bonds is 3. The second-order valence-corrected chi connectivity index (χ2v) is 5.08. The molecule has 15 heavy (non-hydrogen) atoms. The number of amides is 1. The van der Waals surface area contributed by atoms with E-state index in [9.17, 15) is 4.79 Å². The molecule has 3 heteroatoms. The van der Waals surface area contributed by atoms with Crippen molar-refractivity contribution < 1.29 is 4.79 Å². The number of nitrogens with zero attached hydrogens (tertiary/aromatic N) is 1. The van der Waals surface area contributed by atoms with Gasteiger partial charge in [0.1, 0.15) is 0 Å². The summed E-state index contributed by atoms with van der Waals surface area (Å²) in [5.74, 6) is 1.37. The summed E-state index contributed by atoms with van der Waals surface area (Å²) in [6.07, 6.45) is 6.75. The molecule has 1 saturated heterocycles. The Kier molecular flexibility index (Phi) is 3.62. The minimum Gasteiger partial charge on any atom is -0.345 e. The van der Waals surface area contributed by atoms with E-state index in [4.69, 9.17) is 0 Å². The van der Waals surface area contributed by atoms with Crippen LogP contribution < -0.4 is 5.32 Å². The first-order valence-electron chi connectivity index (χ1n) is 6.23. The summed E-state index contributed by atoms with van der Waals surface area (Å²) < 4.78 is 0. The molecule has 0 atom stereocenters. The van der Waals surface area contributed by atoms with E-state index in [1.54, 1.807) is 0 Å². The Morgan fingerprint density at radius 1 is 1.27 bits per heavy atom. The van der Waals surface area contributed by atoms with Gasteiger partial charge in [-0.1, -0.05) is 19.3 Å². The SMILES string of the molecule is CN(CC1CCCCC1)C(=O)C1CNC1. The van der Waals surface area contributed by atoms with Crippen LogP contribution in [0.2, 0.25) is 0 Å². The summed E-state index contributed by atoms with van der Waals surface area (Å²) in [7, 11) is 1.97. The van der Waals surface area contributed by atoms with Gasteiger partial charge >= 0.3 is 0 Å². The van der Waals surface area contributed by atoms with Crippen LogP contribution in [0.1, 0.15) is 32.1 Å². The normalized spacial score (nSPS) is 23.5. The second-order valence-electron chi connectivity index (χ2n) is 5.08. The van der Waals surface area contributed by atoms with E-state index in [2.05, 4.69) is 5.32 Å². The third kappa shape index (κ3) is 2.71. The van der Waals surface area contributed by atoms with Crippen molar-refractivity contribution in [1.82, 2.24) is 10.2 Å². The highest BCUT2D eigenvalue weighted by molar-refractivity contribution is 5.79. The zero-order valence-electron chi connectivity index (χ0n) is 9.67. The largest absolute Gasteiger partial charge is 0.345 e. The van der Waals surface area contributed by atoms with Crippen LogP contribution >= 0.6 is 0 Å². The molecule has 0 bridgehead atoms. The predicted octanol–water partition coefficient (Wildman–Crippen LogP) is 1.24. The van der Waals surface area contributed by atoms with E-state index >= 15 is 0 Å². The summed E-state index contributed by atoms with van der Waals surface area (Å²) >= 11 is 0. The fraction of sp³-hybridized carbons (Fsp3) is 0.917. The van der Waals surface area contributed by atoms with Gasteiger partial charge in [-0.2, -0.15) is 0 Å². The molecule has 0 aromatic carbocycles. The van der Waals surface area contributed by atoms with Crippen molar-refractivity contribution in [2.24, 2.45) is 11.8 Å². The molecule has 0 radical (unpaired) electrons. The third-order valence-corrected chi connectivity index (χ3v) is 3.76. The summed E-state index contributed by atoms with van der Waals surface area (Å²) in [6.45, 7) is 2.75. The molecule has 2 fully saturated rings. The fourth-order valence-corrected chi connectivity index (χ4v) is 2.62. The van der Waals surface area contributed by atoms with Gasteiger partial charge in [-0.25, -0.2) is 0 Å². The molecular formula is C12H22N2O.